The summed E-state index contributed by atoms with van der Waals surface area (Å²) in [5.41, 5.74) is 4.71. The molecule has 3 N–H and O–H groups in total. The van der Waals surface area contributed by atoms with E-state index in [1.807, 2.05) is 30.3 Å². The van der Waals surface area contributed by atoms with Gasteiger partial charge in [0.25, 0.3) is 0 Å². The number of guanidine groups is 1. The molecule has 0 unspecified atom stereocenters. The van der Waals surface area contributed by atoms with Crippen LogP contribution in [0.2, 0.25) is 0 Å². The van der Waals surface area contributed by atoms with Gasteiger partial charge in [0.2, 0.25) is 0 Å². The van der Waals surface area contributed by atoms with Crippen LogP contribution in [0.3, 0.4) is 0 Å². The van der Waals surface area contributed by atoms with E-state index >= 15 is 0 Å². The summed E-state index contributed by atoms with van der Waals surface area (Å²) in [7, 11) is 3.42. The second-order valence-corrected chi connectivity index (χ2v) is 6.50. The average molecular weight is 481 g/mol. The number of fused-ring (bicyclic) bond motifs is 1. The number of benzene rings is 2. The van der Waals surface area contributed by atoms with Crippen molar-refractivity contribution in [2.75, 3.05) is 14.2 Å². The minimum Gasteiger partial charge on any atom is -0.508 e. The van der Waals surface area contributed by atoms with Crippen molar-refractivity contribution in [3.05, 3.63) is 58.7 Å². The number of nitrogens with one attached hydrogen (secondary N) is 2. The normalized spacial score (nSPS) is 13.3. The first-order valence-electron chi connectivity index (χ1n) is 9.12. The number of para-hydroxylation sites is 1. The fourth-order valence-corrected chi connectivity index (χ4v) is 3.51. The van der Waals surface area contributed by atoms with Crippen LogP contribution < -0.4 is 15.4 Å². The number of aryl methyl sites for hydroxylation is 1. The maximum absolute atomic E-state index is 10.3. The highest BCUT2D eigenvalue weighted by Crippen LogP contribution is 2.30. The zero-order valence-corrected chi connectivity index (χ0v) is 18.2. The number of phenols is 1. The largest absolute Gasteiger partial charge is 0.508 e. The van der Waals surface area contributed by atoms with Crippen molar-refractivity contribution < 1.29 is 9.84 Å². The molecule has 0 saturated carbocycles. The maximum atomic E-state index is 10.3. The quantitative estimate of drug-likeness (QED) is 0.346. The minimum atomic E-state index is 0. The number of hydrogen-bond acceptors (Lipinski definition) is 3. The lowest BCUT2D eigenvalue weighted by Crippen LogP contribution is -2.36. The molecule has 0 aliphatic heterocycles. The molecule has 1 aliphatic carbocycles. The van der Waals surface area contributed by atoms with Crippen LogP contribution in [0, 0.1) is 0 Å². The minimum absolute atomic E-state index is 0. The van der Waals surface area contributed by atoms with E-state index in [1.54, 1.807) is 14.2 Å². The summed E-state index contributed by atoms with van der Waals surface area (Å²) < 4.78 is 5.39. The number of aliphatic imine (C=N–C) groups is 1. The van der Waals surface area contributed by atoms with E-state index in [-0.39, 0.29) is 24.0 Å². The van der Waals surface area contributed by atoms with E-state index in [0.29, 0.717) is 24.8 Å². The van der Waals surface area contributed by atoms with Crippen LogP contribution in [-0.4, -0.2) is 25.2 Å². The van der Waals surface area contributed by atoms with Crippen molar-refractivity contribution in [1.82, 2.24) is 10.6 Å². The Morgan fingerprint density at radius 1 is 1.07 bits per heavy atom. The van der Waals surface area contributed by atoms with Crippen molar-refractivity contribution in [2.24, 2.45) is 4.99 Å². The first-order valence-corrected chi connectivity index (χ1v) is 9.12. The molecule has 27 heavy (non-hydrogen) atoms. The van der Waals surface area contributed by atoms with Crippen LogP contribution in [0.25, 0.3) is 0 Å². The predicted molar refractivity (Wildman–Crippen MR) is 120 cm³/mol. The number of nitrogens with zero attached hydrogens (tertiary/aromatic N) is 1. The summed E-state index contributed by atoms with van der Waals surface area (Å²) in [5.74, 6) is 1.91. The third-order valence-corrected chi connectivity index (χ3v) is 4.92. The molecule has 6 heteroatoms. The maximum Gasteiger partial charge on any atom is 0.191 e. The SMILES string of the molecule is CN=C(NCc1ccccc1OC)NCc1c(O)ccc2c1CCCC2.I. The van der Waals surface area contributed by atoms with Crippen LogP contribution in [0.1, 0.15) is 35.1 Å². The van der Waals surface area contributed by atoms with Gasteiger partial charge in [-0.15, -0.1) is 24.0 Å². The van der Waals surface area contributed by atoms with Gasteiger partial charge in [-0.05, 0) is 48.9 Å². The number of ether oxygens (including phenoxy) is 1. The molecule has 5 nitrogen and oxygen atoms in total. The molecule has 0 heterocycles. The molecule has 0 fully saturated rings. The van der Waals surface area contributed by atoms with E-state index in [1.165, 1.54) is 24.0 Å². The predicted octanol–water partition coefficient (Wildman–Crippen LogP) is 3.76. The van der Waals surface area contributed by atoms with Gasteiger partial charge in [0, 0.05) is 31.3 Å². The number of hydrogen-bond donors (Lipinski definition) is 3. The van der Waals surface area contributed by atoms with Gasteiger partial charge in [0.15, 0.2) is 5.96 Å². The highest BCUT2D eigenvalue weighted by atomic mass is 127. The van der Waals surface area contributed by atoms with Crippen LogP contribution in [-0.2, 0) is 25.9 Å². The van der Waals surface area contributed by atoms with Gasteiger partial charge < -0.3 is 20.5 Å². The summed E-state index contributed by atoms with van der Waals surface area (Å²) in [4.78, 5) is 4.29. The van der Waals surface area contributed by atoms with Crippen molar-refractivity contribution in [3.63, 3.8) is 0 Å². The molecule has 0 aromatic heterocycles. The number of halogens is 1. The van der Waals surface area contributed by atoms with Gasteiger partial charge in [-0.1, -0.05) is 24.3 Å². The number of phenolic OH excluding ortho intramolecular Hbond substituents is 1. The summed E-state index contributed by atoms with van der Waals surface area (Å²) in [6.45, 7) is 1.17. The van der Waals surface area contributed by atoms with Gasteiger partial charge in [-0.3, -0.25) is 4.99 Å². The van der Waals surface area contributed by atoms with E-state index in [2.05, 4.69) is 21.7 Å². The Balaban J connectivity index is 0.00000261. The first kappa shape index (κ1) is 21.3. The second-order valence-electron chi connectivity index (χ2n) is 6.50. The average Bonchev–Trinajstić information content (AvgIpc) is 2.69. The molecule has 0 amide bonds. The molecule has 1 aliphatic rings. The molecule has 146 valence electrons. The Hall–Kier alpha value is -1.96. The summed E-state index contributed by atoms with van der Waals surface area (Å²) in [5, 5.41) is 16.9. The van der Waals surface area contributed by atoms with Crippen molar-refractivity contribution in [2.45, 2.75) is 38.8 Å². The fourth-order valence-electron chi connectivity index (χ4n) is 3.51. The third kappa shape index (κ3) is 5.28. The summed E-state index contributed by atoms with van der Waals surface area (Å²) in [6, 6.07) is 11.8. The van der Waals surface area contributed by atoms with Gasteiger partial charge in [-0.2, -0.15) is 0 Å². The lowest BCUT2D eigenvalue weighted by atomic mass is 9.88. The Kier molecular flexibility index (Phi) is 8.22. The highest BCUT2D eigenvalue weighted by Gasteiger charge is 2.16. The lowest BCUT2D eigenvalue weighted by molar-refractivity contribution is 0.409. The second kappa shape index (κ2) is 10.4. The smallest absolute Gasteiger partial charge is 0.191 e. The zero-order valence-electron chi connectivity index (χ0n) is 15.9. The van der Waals surface area contributed by atoms with Gasteiger partial charge in [0.1, 0.15) is 11.5 Å². The Labute approximate surface area is 178 Å². The third-order valence-electron chi connectivity index (χ3n) is 4.92. The van der Waals surface area contributed by atoms with Crippen LogP contribution in [0.5, 0.6) is 11.5 Å². The van der Waals surface area contributed by atoms with Gasteiger partial charge >= 0.3 is 0 Å². The van der Waals surface area contributed by atoms with E-state index in [9.17, 15) is 5.11 Å². The molecule has 3 rings (SSSR count). The molecule has 0 bridgehead atoms. The number of aromatic hydroxyl groups is 1. The fraction of sp³-hybridized carbons (Fsp3) is 0.381. The van der Waals surface area contributed by atoms with Crippen molar-refractivity contribution >= 4 is 29.9 Å². The molecular weight excluding hydrogens is 453 g/mol. The highest BCUT2D eigenvalue weighted by molar-refractivity contribution is 14.0. The molecular formula is C21H28IN3O2. The molecule has 0 spiro atoms. The number of methoxy groups -OCH3 is 1. The molecule has 2 aromatic rings. The van der Waals surface area contributed by atoms with E-state index in [4.69, 9.17) is 4.74 Å². The zero-order chi connectivity index (χ0) is 18.4. The molecule has 2 aromatic carbocycles. The number of rotatable bonds is 5. The van der Waals surface area contributed by atoms with E-state index < -0.39 is 0 Å². The van der Waals surface area contributed by atoms with Crippen molar-refractivity contribution in [1.29, 1.82) is 0 Å². The Bertz CT molecular complexity index is 793. The first-order chi connectivity index (χ1) is 12.7. The van der Waals surface area contributed by atoms with Crippen molar-refractivity contribution in [3.8, 4) is 11.5 Å². The summed E-state index contributed by atoms with van der Waals surface area (Å²) in [6.07, 6.45) is 4.55. The van der Waals surface area contributed by atoms with Crippen LogP contribution >= 0.6 is 24.0 Å². The molecule has 0 saturated heterocycles. The topological polar surface area (TPSA) is 65.9 Å². The van der Waals surface area contributed by atoms with E-state index in [0.717, 1.165) is 29.7 Å². The monoisotopic (exact) mass is 481 g/mol. The lowest BCUT2D eigenvalue weighted by Gasteiger charge is -2.21. The Morgan fingerprint density at radius 2 is 1.81 bits per heavy atom. The van der Waals surface area contributed by atoms with Crippen LogP contribution in [0.4, 0.5) is 0 Å². The summed E-state index contributed by atoms with van der Waals surface area (Å²) >= 11 is 0. The van der Waals surface area contributed by atoms with Crippen LogP contribution in [0.15, 0.2) is 41.4 Å². The van der Waals surface area contributed by atoms with Gasteiger partial charge in [0.05, 0.1) is 7.11 Å². The van der Waals surface area contributed by atoms with Gasteiger partial charge in [-0.25, -0.2) is 0 Å². The standard InChI is InChI=1S/C21H27N3O2.HI/c1-22-21(23-13-16-8-4-6-10-20(16)26-2)24-14-18-17-9-5-3-7-15(17)11-12-19(18)25;/h4,6,8,10-12,25H,3,5,7,9,13-14H2,1-2H3,(H2,22,23,24);1H. The Morgan fingerprint density at radius 3 is 2.59 bits per heavy atom. The molecule has 0 radical (unpaired) electrons. The molecule has 0 atom stereocenters.